The molecule has 4 heteroatoms. The van der Waals surface area contributed by atoms with Gasteiger partial charge in [0.2, 0.25) is 0 Å². The molecule has 6 heavy (non-hydrogen) atoms. The average Bonchev–Trinajstić information content (AvgIpc) is 1.35. The molecule has 0 aliphatic heterocycles. The van der Waals surface area contributed by atoms with Gasteiger partial charge in [0.15, 0.2) is 6.58 Å². The van der Waals surface area contributed by atoms with E-state index in [2.05, 4.69) is 4.36 Å². The smallest absolute Gasteiger partial charge is 0.168 e. The van der Waals surface area contributed by atoms with Gasteiger partial charge in [0, 0.05) is 24.4 Å². The van der Waals surface area contributed by atoms with E-state index < -0.39 is 6.58 Å². The summed E-state index contributed by atoms with van der Waals surface area (Å²) >= 11 is 0. The molecule has 0 heterocycles. The van der Waals surface area contributed by atoms with Crippen LogP contribution in [0, 0.1) is 0 Å². The van der Waals surface area contributed by atoms with Gasteiger partial charge in [-0.3, -0.25) is 4.57 Å². The number of hydrogen-bond donors (Lipinski definition) is 0. The maximum atomic E-state index is 10.1. The van der Waals surface area contributed by atoms with Crippen LogP contribution in [0.5, 0.6) is 0 Å². The number of nitrogens with zero attached hydrogens (tertiary/aromatic N) is 1. The van der Waals surface area contributed by atoms with Crippen LogP contribution in [0.15, 0.2) is 4.36 Å². The molecule has 0 aliphatic rings. The van der Waals surface area contributed by atoms with Gasteiger partial charge in [-0.05, 0) is 0 Å². The SMILES string of the molecule is CN=S=P(C)=O. The zero-order chi connectivity index (χ0) is 4.99. The second kappa shape index (κ2) is 3.32. The topological polar surface area (TPSA) is 29.4 Å². The van der Waals surface area contributed by atoms with Gasteiger partial charge in [0.1, 0.15) is 0 Å². The van der Waals surface area contributed by atoms with Gasteiger partial charge in [0.25, 0.3) is 0 Å². The Kier molecular flexibility index (Phi) is 3.38. The molecule has 2 nitrogen and oxygen atoms in total. The van der Waals surface area contributed by atoms with Crippen LogP contribution in [0.1, 0.15) is 0 Å². The van der Waals surface area contributed by atoms with Gasteiger partial charge >= 0.3 is 0 Å². The molecule has 36 valence electrons. The highest BCUT2D eigenvalue weighted by Crippen LogP contribution is 1.91. The minimum Gasteiger partial charge on any atom is -0.270 e. The van der Waals surface area contributed by atoms with Crippen molar-refractivity contribution in [3.05, 3.63) is 0 Å². The highest BCUT2D eigenvalue weighted by atomic mass is 32.5. The molecule has 0 N–H and O–H groups in total. The lowest BCUT2D eigenvalue weighted by Gasteiger charge is -1.52. The number of hydrogen-bond acceptors (Lipinski definition) is 2. The van der Waals surface area contributed by atoms with Crippen molar-refractivity contribution in [1.29, 1.82) is 0 Å². The van der Waals surface area contributed by atoms with E-state index in [4.69, 9.17) is 0 Å². The maximum Gasteiger partial charge on any atom is 0.168 e. The second-order valence-corrected chi connectivity index (χ2v) is 4.14. The van der Waals surface area contributed by atoms with Crippen molar-refractivity contribution in [3.63, 3.8) is 0 Å². The predicted octanol–water partition coefficient (Wildman–Crippen LogP) is 1.25. The molecule has 0 bridgehead atoms. The molecule has 0 saturated carbocycles. The van der Waals surface area contributed by atoms with Crippen molar-refractivity contribution in [2.75, 3.05) is 13.7 Å². The second-order valence-electron chi connectivity index (χ2n) is 0.704. The van der Waals surface area contributed by atoms with Gasteiger partial charge in [-0.25, -0.2) is 4.36 Å². The monoisotopic (exact) mass is 123 g/mol. The van der Waals surface area contributed by atoms with Crippen molar-refractivity contribution < 1.29 is 4.57 Å². The summed E-state index contributed by atoms with van der Waals surface area (Å²) in [6.07, 6.45) is 0. The van der Waals surface area contributed by atoms with E-state index in [9.17, 15) is 4.57 Å². The van der Waals surface area contributed by atoms with Gasteiger partial charge in [-0.2, -0.15) is 0 Å². The molecule has 0 saturated heterocycles. The lowest BCUT2D eigenvalue weighted by atomic mass is 11.6. The first-order valence-corrected chi connectivity index (χ1v) is 4.53. The van der Waals surface area contributed by atoms with Crippen LogP contribution in [0.3, 0.4) is 0 Å². The zero-order valence-electron chi connectivity index (χ0n) is 3.71. The van der Waals surface area contributed by atoms with E-state index in [1.54, 1.807) is 13.7 Å². The third-order valence-electron chi connectivity index (χ3n) is 0.197. The Labute approximate surface area is 40.7 Å². The molecule has 0 radical (unpaired) electrons. The number of rotatable bonds is 0. The molecule has 0 aromatic carbocycles. The highest BCUT2D eigenvalue weighted by Gasteiger charge is 1.55. The van der Waals surface area contributed by atoms with Crippen molar-refractivity contribution in [3.8, 4) is 0 Å². The maximum absolute atomic E-state index is 10.1. The van der Waals surface area contributed by atoms with Crippen LogP contribution in [0.25, 0.3) is 0 Å². The fourth-order valence-corrected chi connectivity index (χ4v) is 1.03. The molecule has 0 rings (SSSR count). The van der Waals surface area contributed by atoms with Gasteiger partial charge in [-0.15, -0.1) is 0 Å². The van der Waals surface area contributed by atoms with Crippen LogP contribution in [-0.2, 0) is 15.3 Å². The Morgan fingerprint density at radius 3 is 2.33 bits per heavy atom. The van der Waals surface area contributed by atoms with E-state index in [1.165, 1.54) is 0 Å². The Morgan fingerprint density at radius 1 is 1.83 bits per heavy atom. The molecule has 0 fully saturated rings. The van der Waals surface area contributed by atoms with Gasteiger partial charge in [0.05, 0.1) is 0 Å². The lowest BCUT2D eigenvalue weighted by molar-refractivity contribution is 0.600. The Hall–Kier alpha value is 0.120. The first-order valence-electron chi connectivity index (χ1n) is 1.44. The quantitative estimate of drug-likeness (QED) is 0.446. The fraction of sp³-hybridized carbons (Fsp3) is 1.00. The Morgan fingerprint density at radius 2 is 2.33 bits per heavy atom. The molecule has 1 atom stereocenters. The van der Waals surface area contributed by atoms with Crippen LogP contribution >= 0.6 is 6.58 Å². The predicted molar refractivity (Wildman–Crippen MR) is 29.2 cm³/mol. The van der Waals surface area contributed by atoms with E-state index in [-0.39, 0.29) is 0 Å². The van der Waals surface area contributed by atoms with Gasteiger partial charge in [-0.1, -0.05) is 0 Å². The van der Waals surface area contributed by atoms with Crippen molar-refractivity contribution >= 4 is 17.3 Å². The molecule has 1 unspecified atom stereocenters. The molecule has 0 aromatic heterocycles. The molecule has 0 amide bonds. The minimum absolute atomic E-state index is 1.10. The third-order valence-corrected chi connectivity index (χ3v) is 1.77. The van der Waals surface area contributed by atoms with E-state index in [0.717, 1.165) is 10.7 Å². The summed E-state index contributed by atoms with van der Waals surface area (Å²) in [6, 6.07) is 0. The van der Waals surface area contributed by atoms with Crippen molar-refractivity contribution in [1.82, 2.24) is 0 Å². The molecule has 0 spiro atoms. The summed E-state index contributed by atoms with van der Waals surface area (Å²) in [5.74, 6) is 0. The minimum atomic E-state index is -1.10. The average molecular weight is 123 g/mol. The standard InChI is InChI=1S/C2H6NOPS/c1-3-6-5(2)4/h1-2H3. The zero-order valence-corrected chi connectivity index (χ0v) is 5.42. The molecular formula is C2H6NOPS. The molecule has 0 aliphatic carbocycles. The van der Waals surface area contributed by atoms with Gasteiger partial charge < -0.3 is 0 Å². The van der Waals surface area contributed by atoms with Crippen LogP contribution in [-0.4, -0.2) is 13.7 Å². The highest BCUT2D eigenvalue weighted by molar-refractivity contribution is 8.04. The van der Waals surface area contributed by atoms with Crippen LogP contribution in [0.2, 0.25) is 0 Å². The Bertz CT molecular complexity index is 130. The summed E-state index contributed by atoms with van der Waals surface area (Å²) in [4.78, 5) is 0. The summed E-state index contributed by atoms with van der Waals surface area (Å²) < 4.78 is 13.6. The van der Waals surface area contributed by atoms with Crippen LogP contribution < -0.4 is 0 Å². The first-order chi connectivity index (χ1) is 2.77. The summed E-state index contributed by atoms with van der Waals surface area (Å²) in [6.45, 7) is 0.531. The third kappa shape index (κ3) is 4.12. The molecule has 0 aromatic rings. The fourth-order valence-electron chi connectivity index (χ4n) is 0.115. The molecular weight excluding hydrogens is 117 g/mol. The largest absolute Gasteiger partial charge is 0.270 e. The van der Waals surface area contributed by atoms with E-state index in [0.29, 0.717) is 0 Å². The Balaban J connectivity index is 4.15. The first kappa shape index (κ1) is 6.12. The van der Waals surface area contributed by atoms with Crippen LogP contribution in [0.4, 0.5) is 0 Å². The lowest BCUT2D eigenvalue weighted by Crippen LogP contribution is -1.34. The summed E-state index contributed by atoms with van der Waals surface area (Å²) in [5.41, 5.74) is 0. The van der Waals surface area contributed by atoms with Crippen molar-refractivity contribution in [2.24, 2.45) is 4.36 Å². The normalized spacial score (nSPS) is 10.0. The van der Waals surface area contributed by atoms with E-state index >= 15 is 0 Å². The van der Waals surface area contributed by atoms with Crippen molar-refractivity contribution in [2.45, 2.75) is 0 Å². The summed E-state index contributed by atoms with van der Waals surface area (Å²) in [7, 11) is 2.75. The summed E-state index contributed by atoms with van der Waals surface area (Å²) in [5, 5.41) is 0. The van der Waals surface area contributed by atoms with E-state index in [1.807, 2.05) is 0 Å².